The van der Waals surface area contributed by atoms with Gasteiger partial charge in [0.05, 0.1) is 11.2 Å². The highest BCUT2D eigenvalue weighted by Crippen LogP contribution is 2.39. The van der Waals surface area contributed by atoms with E-state index in [1.54, 1.807) is 0 Å². The van der Waals surface area contributed by atoms with Crippen LogP contribution in [-0.4, -0.2) is 11.0 Å². The van der Waals surface area contributed by atoms with Gasteiger partial charge in [0.15, 0.2) is 0 Å². The molecule has 0 amide bonds. The van der Waals surface area contributed by atoms with Crippen LogP contribution in [0.5, 0.6) is 0 Å². The summed E-state index contributed by atoms with van der Waals surface area (Å²) >= 11 is 1.86. The molecule has 0 spiro atoms. The van der Waals surface area contributed by atoms with E-state index >= 15 is 0 Å². The number of thiazole rings is 1. The van der Waals surface area contributed by atoms with Crippen LogP contribution in [0.4, 0.5) is 0 Å². The molecule has 20 heavy (non-hydrogen) atoms. The Morgan fingerprint density at radius 3 is 2.50 bits per heavy atom. The van der Waals surface area contributed by atoms with Crippen molar-refractivity contribution in [3.63, 3.8) is 0 Å². The summed E-state index contributed by atoms with van der Waals surface area (Å²) in [6.07, 6.45) is 6.27. The van der Waals surface area contributed by atoms with Crippen molar-refractivity contribution in [1.82, 2.24) is 10.3 Å². The first kappa shape index (κ1) is 16.0. The number of hydrogen-bond donors (Lipinski definition) is 1. The van der Waals surface area contributed by atoms with Gasteiger partial charge in [0.1, 0.15) is 5.01 Å². The first-order chi connectivity index (χ1) is 9.50. The van der Waals surface area contributed by atoms with E-state index in [9.17, 15) is 0 Å². The van der Waals surface area contributed by atoms with Crippen molar-refractivity contribution in [2.75, 3.05) is 0 Å². The summed E-state index contributed by atoms with van der Waals surface area (Å²) in [4.78, 5) is 4.98. The van der Waals surface area contributed by atoms with E-state index in [1.165, 1.54) is 36.4 Å². The minimum Gasteiger partial charge on any atom is -0.303 e. The molecule has 1 heterocycles. The number of hydrogen-bond acceptors (Lipinski definition) is 3. The van der Waals surface area contributed by atoms with E-state index in [0.29, 0.717) is 5.92 Å². The molecule has 2 rings (SSSR count). The summed E-state index contributed by atoms with van der Waals surface area (Å²) < 4.78 is 0. The maximum absolute atomic E-state index is 4.98. The Balaban J connectivity index is 2.26. The summed E-state index contributed by atoms with van der Waals surface area (Å²) in [5.41, 5.74) is 1.36. The van der Waals surface area contributed by atoms with Crippen LogP contribution in [0.1, 0.15) is 83.3 Å². The topological polar surface area (TPSA) is 24.9 Å². The van der Waals surface area contributed by atoms with Crippen molar-refractivity contribution in [2.45, 2.75) is 84.2 Å². The Bertz CT molecular complexity index is 422. The largest absolute Gasteiger partial charge is 0.303 e. The molecule has 2 atom stereocenters. The second-order valence-electron chi connectivity index (χ2n) is 6.80. The lowest BCUT2D eigenvalue weighted by molar-refractivity contribution is 0.246. The third kappa shape index (κ3) is 3.62. The Kier molecular flexibility index (Phi) is 5.25. The van der Waals surface area contributed by atoms with Crippen LogP contribution >= 0.6 is 11.3 Å². The average molecular weight is 295 g/mol. The molecule has 0 bridgehead atoms. The van der Waals surface area contributed by atoms with Gasteiger partial charge in [-0.2, -0.15) is 0 Å². The summed E-state index contributed by atoms with van der Waals surface area (Å²) in [7, 11) is 0. The molecule has 114 valence electrons. The summed E-state index contributed by atoms with van der Waals surface area (Å²) in [5.74, 6) is 1.27. The number of nitrogens with zero attached hydrogens (tertiary/aromatic N) is 1. The van der Waals surface area contributed by atoms with Gasteiger partial charge in [-0.25, -0.2) is 4.98 Å². The first-order valence-corrected chi connectivity index (χ1v) is 9.12. The van der Waals surface area contributed by atoms with Crippen LogP contribution < -0.4 is 5.32 Å². The molecule has 2 nitrogen and oxygen atoms in total. The molecule has 0 aliphatic heterocycles. The van der Waals surface area contributed by atoms with E-state index in [4.69, 9.17) is 4.98 Å². The monoisotopic (exact) mass is 294 g/mol. The van der Waals surface area contributed by atoms with E-state index in [0.717, 1.165) is 18.4 Å². The quantitative estimate of drug-likeness (QED) is 0.725. The average Bonchev–Trinajstić information content (AvgIpc) is 3.08. The second-order valence-corrected chi connectivity index (χ2v) is 7.66. The zero-order valence-electron chi connectivity index (χ0n) is 13.7. The highest BCUT2D eigenvalue weighted by atomic mass is 32.1. The molecule has 3 heteroatoms. The molecule has 2 unspecified atom stereocenters. The fraction of sp³-hybridized carbons (Fsp3) is 0.824. The molecule has 0 radical (unpaired) electrons. The third-order valence-electron chi connectivity index (χ3n) is 4.58. The SMILES string of the molecule is CCC(C)CC(CC)(NC1CC1)c1nc(C(C)C)cs1. The molecular weight excluding hydrogens is 264 g/mol. The highest BCUT2D eigenvalue weighted by molar-refractivity contribution is 7.09. The first-order valence-electron chi connectivity index (χ1n) is 8.24. The van der Waals surface area contributed by atoms with Gasteiger partial charge in [-0.05, 0) is 37.5 Å². The van der Waals surface area contributed by atoms with E-state index < -0.39 is 0 Å². The van der Waals surface area contributed by atoms with Gasteiger partial charge < -0.3 is 5.32 Å². The van der Waals surface area contributed by atoms with Crippen LogP contribution in [0.2, 0.25) is 0 Å². The standard InChI is InChI=1S/C17H30N2S/c1-6-13(5)10-17(7-2,19-14-8-9-14)16-18-15(11-20-16)12(3)4/h11-14,19H,6-10H2,1-5H3. The molecule has 0 saturated heterocycles. The van der Waals surface area contributed by atoms with Crippen molar-refractivity contribution < 1.29 is 0 Å². The second kappa shape index (κ2) is 6.57. The van der Waals surface area contributed by atoms with Crippen LogP contribution in [-0.2, 0) is 5.54 Å². The van der Waals surface area contributed by atoms with Crippen LogP contribution in [0.15, 0.2) is 5.38 Å². The summed E-state index contributed by atoms with van der Waals surface area (Å²) in [5, 5.41) is 7.51. The minimum absolute atomic E-state index is 0.106. The lowest BCUT2D eigenvalue weighted by Gasteiger charge is -2.35. The Morgan fingerprint density at radius 2 is 2.05 bits per heavy atom. The molecule has 1 fully saturated rings. The number of rotatable bonds is 8. The van der Waals surface area contributed by atoms with Gasteiger partial charge in [0.2, 0.25) is 0 Å². The normalized spacial score (nSPS) is 20.1. The minimum atomic E-state index is 0.106. The van der Waals surface area contributed by atoms with Crippen molar-refractivity contribution in [3.05, 3.63) is 16.1 Å². The molecule has 0 aromatic carbocycles. The third-order valence-corrected chi connectivity index (χ3v) is 5.64. The molecule has 1 aliphatic rings. The van der Waals surface area contributed by atoms with Crippen molar-refractivity contribution in [2.24, 2.45) is 5.92 Å². The zero-order valence-corrected chi connectivity index (χ0v) is 14.5. The zero-order chi connectivity index (χ0) is 14.8. The summed E-state index contributed by atoms with van der Waals surface area (Å²) in [6.45, 7) is 11.4. The van der Waals surface area contributed by atoms with E-state index in [2.05, 4.69) is 45.3 Å². The molecule has 1 saturated carbocycles. The predicted molar refractivity (Wildman–Crippen MR) is 88.4 cm³/mol. The van der Waals surface area contributed by atoms with Crippen LogP contribution in [0.25, 0.3) is 0 Å². The number of aromatic nitrogens is 1. The van der Waals surface area contributed by atoms with Gasteiger partial charge in [-0.15, -0.1) is 11.3 Å². The van der Waals surface area contributed by atoms with Gasteiger partial charge >= 0.3 is 0 Å². The fourth-order valence-electron chi connectivity index (χ4n) is 2.73. The lowest BCUT2D eigenvalue weighted by atomic mass is 9.84. The van der Waals surface area contributed by atoms with Crippen molar-refractivity contribution >= 4 is 11.3 Å². The number of nitrogens with one attached hydrogen (secondary N) is 1. The predicted octanol–water partition coefficient (Wildman–Crippen LogP) is 5.06. The Hall–Kier alpha value is -0.410. The van der Waals surface area contributed by atoms with Crippen LogP contribution in [0, 0.1) is 5.92 Å². The van der Waals surface area contributed by atoms with Gasteiger partial charge in [0.25, 0.3) is 0 Å². The maximum Gasteiger partial charge on any atom is 0.113 e. The molecule has 1 aromatic heterocycles. The molecular formula is C17H30N2S. The van der Waals surface area contributed by atoms with Crippen molar-refractivity contribution in [3.8, 4) is 0 Å². The summed E-state index contributed by atoms with van der Waals surface area (Å²) in [6, 6.07) is 0.727. The molecule has 1 N–H and O–H groups in total. The van der Waals surface area contributed by atoms with Gasteiger partial charge in [-0.1, -0.05) is 41.0 Å². The van der Waals surface area contributed by atoms with Crippen LogP contribution in [0.3, 0.4) is 0 Å². The lowest BCUT2D eigenvalue weighted by Crippen LogP contribution is -2.44. The van der Waals surface area contributed by atoms with Crippen molar-refractivity contribution in [1.29, 1.82) is 0 Å². The highest BCUT2D eigenvalue weighted by Gasteiger charge is 2.39. The Morgan fingerprint density at radius 1 is 1.35 bits per heavy atom. The van der Waals surface area contributed by atoms with Gasteiger partial charge in [0, 0.05) is 11.4 Å². The fourth-order valence-corrected chi connectivity index (χ4v) is 3.96. The Labute approximate surface area is 128 Å². The van der Waals surface area contributed by atoms with Gasteiger partial charge in [-0.3, -0.25) is 0 Å². The smallest absolute Gasteiger partial charge is 0.113 e. The molecule has 1 aromatic rings. The van der Waals surface area contributed by atoms with E-state index in [-0.39, 0.29) is 5.54 Å². The molecule has 1 aliphatic carbocycles. The van der Waals surface area contributed by atoms with E-state index in [1.807, 2.05) is 11.3 Å². The maximum atomic E-state index is 4.98.